The molecular formula is C11H13N3S. The van der Waals surface area contributed by atoms with Crippen molar-refractivity contribution in [2.75, 3.05) is 23.7 Å². The minimum atomic E-state index is 0.630. The number of pyridine rings is 1. The van der Waals surface area contributed by atoms with Crippen LogP contribution >= 0.6 is 11.8 Å². The number of nitrogens with zero attached hydrogens (tertiary/aromatic N) is 3. The number of rotatable bonds is 1. The fraction of sp³-hybridized carbons (Fsp3) is 0.455. The Bertz CT molecular complexity index is 386. The van der Waals surface area contributed by atoms with Gasteiger partial charge in [-0.1, -0.05) is 6.92 Å². The molecule has 3 nitrogen and oxygen atoms in total. The molecule has 0 saturated carbocycles. The van der Waals surface area contributed by atoms with Gasteiger partial charge in [-0.05, 0) is 6.07 Å². The topological polar surface area (TPSA) is 39.9 Å². The zero-order valence-electron chi connectivity index (χ0n) is 8.68. The summed E-state index contributed by atoms with van der Waals surface area (Å²) in [5.41, 5.74) is 1.70. The summed E-state index contributed by atoms with van der Waals surface area (Å²) in [5, 5.41) is 9.64. The highest BCUT2D eigenvalue weighted by Crippen LogP contribution is 2.25. The zero-order chi connectivity index (χ0) is 10.7. The van der Waals surface area contributed by atoms with Gasteiger partial charge in [-0.2, -0.15) is 17.0 Å². The Morgan fingerprint density at radius 2 is 2.53 bits per heavy atom. The molecule has 1 atom stereocenters. The van der Waals surface area contributed by atoms with Crippen LogP contribution in [0.5, 0.6) is 0 Å². The van der Waals surface area contributed by atoms with Crippen LogP contribution < -0.4 is 4.90 Å². The Morgan fingerprint density at radius 3 is 3.27 bits per heavy atom. The first kappa shape index (κ1) is 10.3. The van der Waals surface area contributed by atoms with Crippen molar-refractivity contribution in [3.63, 3.8) is 0 Å². The fourth-order valence-electron chi connectivity index (χ4n) is 1.77. The third kappa shape index (κ3) is 2.24. The van der Waals surface area contributed by atoms with Gasteiger partial charge in [0.15, 0.2) is 0 Å². The van der Waals surface area contributed by atoms with E-state index in [0.29, 0.717) is 5.25 Å². The third-order valence-electron chi connectivity index (χ3n) is 2.50. The summed E-state index contributed by atoms with van der Waals surface area (Å²) in [5.74, 6) is 1.13. The second-order valence-corrected chi connectivity index (χ2v) is 5.18. The van der Waals surface area contributed by atoms with Crippen LogP contribution in [-0.2, 0) is 0 Å². The monoisotopic (exact) mass is 219 g/mol. The van der Waals surface area contributed by atoms with Gasteiger partial charge < -0.3 is 4.90 Å². The molecular weight excluding hydrogens is 206 g/mol. The first-order valence-corrected chi connectivity index (χ1v) is 6.07. The van der Waals surface area contributed by atoms with Crippen molar-refractivity contribution < 1.29 is 0 Å². The summed E-state index contributed by atoms with van der Waals surface area (Å²) in [4.78, 5) is 6.35. The lowest BCUT2D eigenvalue weighted by Gasteiger charge is -2.32. The summed E-state index contributed by atoms with van der Waals surface area (Å²) >= 11 is 1.98. The highest BCUT2D eigenvalue weighted by atomic mass is 32.2. The van der Waals surface area contributed by atoms with E-state index in [1.807, 2.05) is 11.8 Å². The van der Waals surface area contributed by atoms with Crippen LogP contribution in [0.2, 0.25) is 0 Å². The average Bonchev–Trinajstić information content (AvgIpc) is 2.29. The van der Waals surface area contributed by atoms with E-state index in [1.54, 1.807) is 18.5 Å². The van der Waals surface area contributed by atoms with E-state index in [9.17, 15) is 0 Å². The van der Waals surface area contributed by atoms with Gasteiger partial charge in [0.2, 0.25) is 0 Å². The lowest BCUT2D eigenvalue weighted by Crippen LogP contribution is -2.37. The lowest BCUT2D eigenvalue weighted by molar-refractivity contribution is 0.780. The van der Waals surface area contributed by atoms with Crippen LogP contribution in [0.4, 0.5) is 5.69 Å². The largest absolute Gasteiger partial charge is 0.367 e. The molecule has 4 heteroatoms. The third-order valence-corrected chi connectivity index (χ3v) is 3.64. The molecule has 0 N–H and O–H groups in total. The van der Waals surface area contributed by atoms with Crippen molar-refractivity contribution in [3.8, 4) is 6.07 Å². The van der Waals surface area contributed by atoms with Crippen LogP contribution in [0.3, 0.4) is 0 Å². The Morgan fingerprint density at radius 1 is 1.67 bits per heavy atom. The van der Waals surface area contributed by atoms with E-state index in [-0.39, 0.29) is 0 Å². The number of thioether (sulfide) groups is 1. The molecule has 1 fully saturated rings. The van der Waals surface area contributed by atoms with Gasteiger partial charge in [0.05, 0.1) is 17.4 Å². The normalized spacial score (nSPS) is 21.1. The predicted molar refractivity (Wildman–Crippen MR) is 63.1 cm³/mol. The van der Waals surface area contributed by atoms with Crippen molar-refractivity contribution in [1.29, 1.82) is 5.26 Å². The second-order valence-electron chi connectivity index (χ2n) is 3.63. The molecule has 1 aliphatic rings. The molecule has 1 aromatic rings. The highest BCUT2D eigenvalue weighted by Gasteiger charge is 2.19. The molecule has 1 unspecified atom stereocenters. The van der Waals surface area contributed by atoms with Gasteiger partial charge in [-0.25, -0.2) is 0 Å². The lowest BCUT2D eigenvalue weighted by atomic mass is 10.2. The molecule has 0 spiro atoms. The van der Waals surface area contributed by atoms with E-state index < -0.39 is 0 Å². The predicted octanol–water partition coefficient (Wildman–Crippen LogP) is 1.89. The second kappa shape index (κ2) is 4.54. The fourth-order valence-corrected chi connectivity index (χ4v) is 2.78. The Kier molecular flexibility index (Phi) is 3.12. The van der Waals surface area contributed by atoms with E-state index in [1.165, 1.54) is 0 Å². The quantitative estimate of drug-likeness (QED) is 0.723. The van der Waals surface area contributed by atoms with Crippen LogP contribution in [0, 0.1) is 11.3 Å². The molecule has 0 aromatic carbocycles. The Hall–Kier alpha value is -1.21. The van der Waals surface area contributed by atoms with E-state index in [2.05, 4.69) is 22.9 Å². The van der Waals surface area contributed by atoms with Gasteiger partial charge in [-0.3, -0.25) is 4.98 Å². The molecule has 0 radical (unpaired) electrons. The minimum absolute atomic E-state index is 0.630. The molecule has 15 heavy (non-hydrogen) atoms. The van der Waals surface area contributed by atoms with E-state index in [4.69, 9.17) is 5.26 Å². The zero-order valence-corrected chi connectivity index (χ0v) is 9.50. The van der Waals surface area contributed by atoms with Crippen molar-refractivity contribution in [2.45, 2.75) is 12.2 Å². The number of aromatic nitrogens is 1. The highest BCUT2D eigenvalue weighted by molar-refractivity contribution is 8.00. The summed E-state index contributed by atoms with van der Waals surface area (Å²) in [7, 11) is 0. The molecule has 78 valence electrons. The van der Waals surface area contributed by atoms with Gasteiger partial charge in [0.25, 0.3) is 0 Å². The molecule has 1 aromatic heterocycles. The van der Waals surface area contributed by atoms with E-state index in [0.717, 1.165) is 30.1 Å². The smallest absolute Gasteiger partial charge is 0.101 e. The molecule has 2 rings (SSSR count). The Balaban J connectivity index is 2.25. The van der Waals surface area contributed by atoms with E-state index >= 15 is 0 Å². The van der Waals surface area contributed by atoms with Gasteiger partial charge in [-0.15, -0.1) is 0 Å². The van der Waals surface area contributed by atoms with Crippen LogP contribution in [0.1, 0.15) is 12.5 Å². The first-order chi connectivity index (χ1) is 7.31. The van der Waals surface area contributed by atoms with Gasteiger partial charge in [0, 0.05) is 30.3 Å². The Labute approximate surface area is 94.1 Å². The van der Waals surface area contributed by atoms with Crippen molar-refractivity contribution in [1.82, 2.24) is 4.98 Å². The number of hydrogen-bond donors (Lipinski definition) is 0. The maximum atomic E-state index is 9.01. The number of anilines is 1. The maximum absolute atomic E-state index is 9.01. The molecule has 2 heterocycles. The summed E-state index contributed by atoms with van der Waals surface area (Å²) in [6, 6.07) is 4.00. The van der Waals surface area contributed by atoms with Crippen molar-refractivity contribution in [3.05, 3.63) is 24.0 Å². The molecule has 1 saturated heterocycles. The van der Waals surface area contributed by atoms with Gasteiger partial charge in [0.1, 0.15) is 6.07 Å². The minimum Gasteiger partial charge on any atom is -0.367 e. The molecule has 0 bridgehead atoms. The van der Waals surface area contributed by atoms with Crippen LogP contribution in [0.15, 0.2) is 18.5 Å². The number of hydrogen-bond acceptors (Lipinski definition) is 4. The maximum Gasteiger partial charge on any atom is 0.101 e. The van der Waals surface area contributed by atoms with Crippen molar-refractivity contribution in [2.24, 2.45) is 0 Å². The standard InChI is InChI=1S/C11H13N3S/c1-9-8-14(4-5-15-9)11-7-13-3-2-10(11)6-12/h2-3,7,9H,4-5,8H2,1H3. The van der Waals surface area contributed by atoms with Crippen LogP contribution in [-0.4, -0.2) is 29.1 Å². The molecule has 0 amide bonds. The first-order valence-electron chi connectivity index (χ1n) is 5.02. The molecule has 0 aliphatic carbocycles. The summed E-state index contributed by atoms with van der Waals surface area (Å²) in [6.45, 7) is 4.24. The van der Waals surface area contributed by atoms with Crippen LogP contribution in [0.25, 0.3) is 0 Å². The number of nitriles is 1. The van der Waals surface area contributed by atoms with Gasteiger partial charge >= 0.3 is 0 Å². The molecule has 1 aliphatic heterocycles. The van der Waals surface area contributed by atoms with Crippen molar-refractivity contribution >= 4 is 17.4 Å². The average molecular weight is 219 g/mol. The SMILES string of the molecule is CC1CN(c2cnccc2C#N)CCS1. The summed E-state index contributed by atoms with van der Waals surface area (Å²) < 4.78 is 0. The summed E-state index contributed by atoms with van der Waals surface area (Å²) in [6.07, 6.45) is 3.46.